The molecule has 2 unspecified atom stereocenters. The summed E-state index contributed by atoms with van der Waals surface area (Å²) in [5.74, 6) is 0.905. The maximum atomic E-state index is 12.8. The van der Waals surface area contributed by atoms with Crippen molar-refractivity contribution in [3.8, 4) is 0 Å². The molecule has 0 saturated carbocycles. The molecule has 0 N–H and O–H groups in total. The second-order valence-corrected chi connectivity index (χ2v) is 8.59. The Morgan fingerprint density at radius 2 is 1.17 bits per heavy atom. The van der Waals surface area contributed by atoms with E-state index in [1.165, 1.54) is 11.1 Å². The highest BCUT2D eigenvalue weighted by molar-refractivity contribution is 7.91. The van der Waals surface area contributed by atoms with E-state index in [0.29, 0.717) is 21.6 Å². The minimum Gasteiger partial charge on any atom is -0.219 e. The highest BCUT2D eigenvalue weighted by atomic mass is 32.2. The zero-order valence-electron chi connectivity index (χ0n) is 15.1. The van der Waals surface area contributed by atoms with E-state index in [2.05, 4.69) is 27.7 Å². The minimum absolute atomic E-state index is 0.365. The molecular formula is C21H28O2S. The van der Waals surface area contributed by atoms with Gasteiger partial charge in [-0.3, -0.25) is 0 Å². The van der Waals surface area contributed by atoms with Gasteiger partial charge in [0.2, 0.25) is 9.84 Å². The summed E-state index contributed by atoms with van der Waals surface area (Å²) in [6.45, 7) is 8.63. The highest BCUT2D eigenvalue weighted by Gasteiger charge is 2.18. The molecule has 0 radical (unpaired) electrons. The molecule has 0 aliphatic heterocycles. The fourth-order valence-corrected chi connectivity index (χ4v) is 4.18. The van der Waals surface area contributed by atoms with Crippen molar-refractivity contribution < 1.29 is 8.42 Å². The molecule has 0 heterocycles. The van der Waals surface area contributed by atoms with Crippen LogP contribution < -0.4 is 0 Å². The summed E-state index contributed by atoms with van der Waals surface area (Å²) < 4.78 is 25.6. The van der Waals surface area contributed by atoms with E-state index < -0.39 is 9.84 Å². The molecule has 2 aromatic carbocycles. The Morgan fingerprint density at radius 1 is 0.750 bits per heavy atom. The van der Waals surface area contributed by atoms with Crippen LogP contribution >= 0.6 is 0 Å². The van der Waals surface area contributed by atoms with E-state index in [9.17, 15) is 8.42 Å². The summed E-state index contributed by atoms with van der Waals surface area (Å²) in [5.41, 5.74) is 2.38. The average Bonchev–Trinajstić information content (AvgIpc) is 2.61. The lowest BCUT2D eigenvalue weighted by Crippen LogP contribution is -2.03. The predicted octanol–water partition coefficient (Wildman–Crippen LogP) is 5.94. The zero-order valence-corrected chi connectivity index (χ0v) is 15.9. The van der Waals surface area contributed by atoms with Crippen molar-refractivity contribution in [3.05, 3.63) is 59.7 Å². The maximum absolute atomic E-state index is 12.8. The molecule has 0 fully saturated rings. The average molecular weight is 345 g/mol. The molecule has 130 valence electrons. The van der Waals surface area contributed by atoms with Crippen LogP contribution in [-0.2, 0) is 9.84 Å². The monoisotopic (exact) mass is 344 g/mol. The molecule has 2 atom stereocenters. The van der Waals surface area contributed by atoms with Crippen molar-refractivity contribution in [2.24, 2.45) is 0 Å². The van der Waals surface area contributed by atoms with Gasteiger partial charge in [-0.05, 0) is 60.1 Å². The molecule has 0 amide bonds. The summed E-state index contributed by atoms with van der Waals surface area (Å²) in [6, 6.07) is 14.7. The SMILES string of the molecule is CCCC(C)c1ccc(S(=O)(=O)c2ccc(C(C)CC)cc2)cc1. The van der Waals surface area contributed by atoms with Crippen LogP contribution in [0, 0.1) is 0 Å². The van der Waals surface area contributed by atoms with Crippen LogP contribution in [0.15, 0.2) is 58.3 Å². The molecular weight excluding hydrogens is 316 g/mol. The van der Waals surface area contributed by atoms with Crippen molar-refractivity contribution >= 4 is 9.84 Å². The predicted molar refractivity (Wildman–Crippen MR) is 100 cm³/mol. The Kier molecular flexibility index (Phi) is 6.22. The summed E-state index contributed by atoms with van der Waals surface area (Å²) in [6.07, 6.45) is 3.29. The second-order valence-electron chi connectivity index (χ2n) is 6.64. The molecule has 0 aliphatic rings. The smallest absolute Gasteiger partial charge is 0.206 e. The van der Waals surface area contributed by atoms with Gasteiger partial charge in [-0.25, -0.2) is 8.42 Å². The van der Waals surface area contributed by atoms with Crippen LogP contribution in [0.2, 0.25) is 0 Å². The van der Waals surface area contributed by atoms with Gasteiger partial charge in [-0.1, -0.05) is 58.4 Å². The van der Waals surface area contributed by atoms with Crippen molar-refractivity contribution in [2.75, 3.05) is 0 Å². The summed E-state index contributed by atoms with van der Waals surface area (Å²) in [4.78, 5) is 0.732. The van der Waals surface area contributed by atoms with E-state index in [1.54, 1.807) is 24.3 Å². The lowest BCUT2D eigenvalue weighted by Gasteiger charge is -2.12. The molecule has 0 aliphatic carbocycles. The van der Waals surface area contributed by atoms with Gasteiger partial charge in [-0.2, -0.15) is 0 Å². The fourth-order valence-electron chi connectivity index (χ4n) is 2.92. The Labute approximate surface area is 146 Å². The first-order chi connectivity index (χ1) is 11.4. The first kappa shape index (κ1) is 18.7. The summed E-state index contributed by atoms with van der Waals surface area (Å²) >= 11 is 0. The van der Waals surface area contributed by atoms with Gasteiger partial charge < -0.3 is 0 Å². The number of sulfone groups is 1. The summed E-state index contributed by atoms with van der Waals surface area (Å²) in [5, 5.41) is 0. The first-order valence-corrected chi connectivity index (χ1v) is 10.3. The largest absolute Gasteiger partial charge is 0.219 e. The van der Waals surface area contributed by atoms with Crippen molar-refractivity contribution in [1.82, 2.24) is 0 Å². The Bertz CT molecular complexity index is 743. The molecule has 2 nitrogen and oxygen atoms in total. The van der Waals surface area contributed by atoms with Crippen molar-refractivity contribution in [3.63, 3.8) is 0 Å². The van der Waals surface area contributed by atoms with Crippen LogP contribution in [0.4, 0.5) is 0 Å². The fraction of sp³-hybridized carbons (Fsp3) is 0.429. The van der Waals surface area contributed by atoms with Gasteiger partial charge in [0, 0.05) is 0 Å². The van der Waals surface area contributed by atoms with Crippen LogP contribution in [0.3, 0.4) is 0 Å². The van der Waals surface area contributed by atoms with Gasteiger partial charge >= 0.3 is 0 Å². The molecule has 0 aromatic heterocycles. The van der Waals surface area contributed by atoms with Crippen molar-refractivity contribution in [1.29, 1.82) is 0 Å². The second kappa shape index (κ2) is 7.98. The zero-order chi connectivity index (χ0) is 17.7. The quantitative estimate of drug-likeness (QED) is 0.623. The van der Waals surface area contributed by atoms with Crippen LogP contribution in [0.5, 0.6) is 0 Å². The molecule has 2 rings (SSSR count). The van der Waals surface area contributed by atoms with E-state index >= 15 is 0 Å². The molecule has 0 spiro atoms. The van der Waals surface area contributed by atoms with Gasteiger partial charge in [0.15, 0.2) is 0 Å². The third-order valence-electron chi connectivity index (χ3n) is 4.85. The van der Waals surface area contributed by atoms with Crippen LogP contribution in [0.25, 0.3) is 0 Å². The van der Waals surface area contributed by atoms with E-state index in [4.69, 9.17) is 0 Å². The third kappa shape index (κ3) is 4.07. The summed E-state index contributed by atoms with van der Waals surface area (Å²) in [7, 11) is -3.44. The normalized spacial score (nSPS) is 14.3. The first-order valence-electron chi connectivity index (χ1n) is 8.85. The molecule has 24 heavy (non-hydrogen) atoms. The third-order valence-corrected chi connectivity index (χ3v) is 6.64. The molecule has 2 aromatic rings. The number of hydrogen-bond donors (Lipinski definition) is 0. The van der Waals surface area contributed by atoms with E-state index in [-0.39, 0.29) is 0 Å². The number of hydrogen-bond acceptors (Lipinski definition) is 2. The van der Waals surface area contributed by atoms with E-state index in [1.807, 2.05) is 24.3 Å². The van der Waals surface area contributed by atoms with E-state index in [0.717, 1.165) is 19.3 Å². The topological polar surface area (TPSA) is 34.1 Å². The Hall–Kier alpha value is -1.61. The Morgan fingerprint density at radius 3 is 1.54 bits per heavy atom. The van der Waals surface area contributed by atoms with Gasteiger partial charge in [0.1, 0.15) is 0 Å². The van der Waals surface area contributed by atoms with Crippen LogP contribution in [-0.4, -0.2) is 8.42 Å². The lowest BCUT2D eigenvalue weighted by atomic mass is 9.97. The molecule has 3 heteroatoms. The van der Waals surface area contributed by atoms with Crippen LogP contribution in [0.1, 0.15) is 69.9 Å². The van der Waals surface area contributed by atoms with Gasteiger partial charge in [0.05, 0.1) is 9.79 Å². The minimum atomic E-state index is -3.44. The standard InChI is InChI=1S/C21H28O2S/c1-5-7-17(4)19-10-14-21(15-11-19)24(22,23)20-12-8-18(9-13-20)16(3)6-2/h8-17H,5-7H2,1-4H3. The van der Waals surface area contributed by atoms with Crippen molar-refractivity contribution in [2.45, 2.75) is 68.6 Å². The van der Waals surface area contributed by atoms with Gasteiger partial charge in [-0.15, -0.1) is 0 Å². The number of benzene rings is 2. The number of rotatable bonds is 7. The lowest BCUT2D eigenvalue weighted by molar-refractivity contribution is 0.595. The molecule has 0 bridgehead atoms. The maximum Gasteiger partial charge on any atom is 0.206 e. The van der Waals surface area contributed by atoms with Gasteiger partial charge in [0.25, 0.3) is 0 Å². The highest BCUT2D eigenvalue weighted by Crippen LogP contribution is 2.27. The Balaban J connectivity index is 2.26. The molecule has 0 saturated heterocycles.